The summed E-state index contributed by atoms with van der Waals surface area (Å²) in [5.74, 6) is 2.32. The van der Waals surface area contributed by atoms with Crippen molar-refractivity contribution in [3.8, 4) is 23.0 Å². The van der Waals surface area contributed by atoms with Crippen LogP contribution in [0.4, 0.5) is 0 Å². The zero-order valence-corrected chi connectivity index (χ0v) is 19.0. The van der Waals surface area contributed by atoms with Crippen LogP contribution in [0.5, 0.6) is 23.0 Å². The predicted molar refractivity (Wildman–Crippen MR) is 122 cm³/mol. The quantitative estimate of drug-likeness (QED) is 0.406. The van der Waals surface area contributed by atoms with Gasteiger partial charge in [-0.05, 0) is 48.4 Å². The van der Waals surface area contributed by atoms with Gasteiger partial charge >= 0.3 is 0 Å². The minimum Gasteiger partial charge on any atom is -0.493 e. The highest BCUT2D eigenvalue weighted by atomic mass is 79.9. The van der Waals surface area contributed by atoms with Crippen molar-refractivity contribution in [3.63, 3.8) is 0 Å². The molecule has 0 radical (unpaired) electrons. The molecule has 0 atom stereocenters. The van der Waals surface area contributed by atoms with Crippen LogP contribution in [0.2, 0.25) is 0 Å². The first-order valence-corrected chi connectivity index (χ1v) is 10.5. The fourth-order valence-corrected chi connectivity index (χ4v) is 3.74. The number of fused-ring (bicyclic) bond motifs is 1. The second-order valence-corrected chi connectivity index (χ2v) is 7.97. The number of para-hydroxylation sites is 1. The van der Waals surface area contributed by atoms with Crippen molar-refractivity contribution in [1.29, 1.82) is 0 Å². The summed E-state index contributed by atoms with van der Waals surface area (Å²) in [6, 6.07) is 17.0. The highest BCUT2D eigenvalue weighted by Gasteiger charge is 2.30. The van der Waals surface area contributed by atoms with E-state index in [-0.39, 0.29) is 11.5 Å². The molecule has 0 amide bonds. The Labute approximate surface area is 189 Å². The molecule has 6 heteroatoms. The normalized spacial score (nSPS) is 13.7. The van der Waals surface area contributed by atoms with Crippen LogP contribution < -0.4 is 18.9 Å². The summed E-state index contributed by atoms with van der Waals surface area (Å²) < 4.78 is 23.7. The SMILES string of the molecule is COc1cccc(/C=C2\Oc3cc(OCc4ccc(Br)cc4)cc(C)c3C2=O)c1OC. The summed E-state index contributed by atoms with van der Waals surface area (Å²) >= 11 is 3.43. The average molecular weight is 481 g/mol. The minimum atomic E-state index is -0.170. The Morgan fingerprint density at radius 1 is 1.03 bits per heavy atom. The molecule has 0 spiro atoms. The maximum atomic E-state index is 13.0. The first-order valence-electron chi connectivity index (χ1n) is 9.67. The number of Topliss-reactive ketones (excluding diaryl/α,β-unsaturated/α-hetero) is 1. The number of aryl methyl sites for hydroxylation is 1. The fraction of sp³-hybridized carbons (Fsp3) is 0.160. The lowest BCUT2D eigenvalue weighted by Gasteiger charge is -2.10. The second kappa shape index (κ2) is 8.86. The van der Waals surface area contributed by atoms with Gasteiger partial charge in [0.1, 0.15) is 18.1 Å². The second-order valence-electron chi connectivity index (χ2n) is 7.05. The number of methoxy groups -OCH3 is 2. The Bertz CT molecular complexity index is 1170. The number of rotatable bonds is 6. The number of hydrogen-bond donors (Lipinski definition) is 0. The Balaban J connectivity index is 1.59. The first-order chi connectivity index (χ1) is 15.0. The van der Waals surface area contributed by atoms with Crippen molar-refractivity contribution >= 4 is 27.8 Å². The van der Waals surface area contributed by atoms with Crippen molar-refractivity contribution in [2.24, 2.45) is 0 Å². The van der Waals surface area contributed by atoms with E-state index in [2.05, 4.69) is 15.9 Å². The number of carbonyl (C=O) groups excluding carboxylic acids is 1. The van der Waals surface area contributed by atoms with Gasteiger partial charge in [0.05, 0.1) is 19.8 Å². The molecule has 0 saturated heterocycles. The maximum absolute atomic E-state index is 13.0. The molecular formula is C25H21BrO5. The lowest BCUT2D eigenvalue weighted by atomic mass is 10.0. The van der Waals surface area contributed by atoms with Gasteiger partial charge in [-0.2, -0.15) is 0 Å². The molecule has 31 heavy (non-hydrogen) atoms. The number of benzene rings is 3. The van der Waals surface area contributed by atoms with E-state index < -0.39 is 0 Å². The molecule has 0 fully saturated rings. The molecule has 0 unspecified atom stereocenters. The molecule has 1 aliphatic heterocycles. The zero-order chi connectivity index (χ0) is 22.0. The van der Waals surface area contributed by atoms with Crippen LogP contribution in [0, 0.1) is 6.92 Å². The third-order valence-corrected chi connectivity index (χ3v) is 5.51. The standard InChI is InChI=1S/C25H21BrO5/c1-15-11-19(30-14-16-7-9-18(26)10-8-16)13-21-23(15)24(27)22(31-21)12-17-5-4-6-20(28-2)25(17)29-3/h4-13H,14H2,1-3H3/b22-12-. The molecule has 0 N–H and O–H groups in total. The largest absolute Gasteiger partial charge is 0.493 e. The van der Waals surface area contributed by atoms with Gasteiger partial charge in [0.2, 0.25) is 5.78 Å². The summed E-state index contributed by atoms with van der Waals surface area (Å²) in [5, 5.41) is 0. The molecule has 0 aliphatic carbocycles. The van der Waals surface area contributed by atoms with E-state index >= 15 is 0 Å². The summed E-state index contributed by atoms with van der Waals surface area (Å²) in [6.07, 6.45) is 1.67. The summed E-state index contributed by atoms with van der Waals surface area (Å²) in [4.78, 5) is 13.0. The topological polar surface area (TPSA) is 54.0 Å². The van der Waals surface area contributed by atoms with E-state index in [0.29, 0.717) is 40.7 Å². The molecule has 0 bridgehead atoms. The summed E-state index contributed by atoms with van der Waals surface area (Å²) in [5.41, 5.74) is 3.09. The lowest BCUT2D eigenvalue weighted by molar-refractivity contribution is 0.101. The number of ether oxygens (including phenoxy) is 4. The molecular weight excluding hydrogens is 460 g/mol. The number of allylic oxidation sites excluding steroid dienone is 1. The Morgan fingerprint density at radius 2 is 1.81 bits per heavy atom. The number of hydrogen-bond acceptors (Lipinski definition) is 5. The third-order valence-electron chi connectivity index (χ3n) is 4.98. The zero-order valence-electron chi connectivity index (χ0n) is 17.4. The maximum Gasteiger partial charge on any atom is 0.232 e. The van der Waals surface area contributed by atoms with Gasteiger partial charge in [0.25, 0.3) is 0 Å². The number of carbonyl (C=O) groups is 1. The molecule has 5 nitrogen and oxygen atoms in total. The lowest BCUT2D eigenvalue weighted by Crippen LogP contribution is -2.01. The van der Waals surface area contributed by atoms with Gasteiger partial charge in [0, 0.05) is 16.1 Å². The van der Waals surface area contributed by atoms with E-state index in [0.717, 1.165) is 15.6 Å². The van der Waals surface area contributed by atoms with Crippen molar-refractivity contribution in [2.45, 2.75) is 13.5 Å². The Hall–Kier alpha value is -3.25. The van der Waals surface area contributed by atoms with E-state index in [4.69, 9.17) is 18.9 Å². The highest BCUT2D eigenvalue weighted by Crippen LogP contribution is 2.39. The molecule has 158 valence electrons. The molecule has 0 aromatic heterocycles. The van der Waals surface area contributed by atoms with Gasteiger partial charge in [-0.25, -0.2) is 0 Å². The molecule has 4 rings (SSSR count). The molecule has 1 aliphatic rings. The highest BCUT2D eigenvalue weighted by molar-refractivity contribution is 9.10. The smallest absolute Gasteiger partial charge is 0.232 e. The van der Waals surface area contributed by atoms with Crippen LogP contribution in [-0.4, -0.2) is 20.0 Å². The summed E-state index contributed by atoms with van der Waals surface area (Å²) in [7, 11) is 3.13. The van der Waals surface area contributed by atoms with E-state index in [9.17, 15) is 4.79 Å². The van der Waals surface area contributed by atoms with Crippen LogP contribution in [0.25, 0.3) is 6.08 Å². The van der Waals surface area contributed by atoms with Gasteiger partial charge in [-0.1, -0.05) is 40.2 Å². The number of ketones is 1. The molecule has 0 saturated carbocycles. The van der Waals surface area contributed by atoms with Gasteiger partial charge < -0.3 is 18.9 Å². The van der Waals surface area contributed by atoms with Crippen molar-refractivity contribution in [1.82, 2.24) is 0 Å². The van der Waals surface area contributed by atoms with Crippen LogP contribution >= 0.6 is 15.9 Å². The van der Waals surface area contributed by atoms with E-state index in [1.165, 1.54) is 0 Å². The van der Waals surface area contributed by atoms with E-state index in [1.54, 1.807) is 32.4 Å². The van der Waals surface area contributed by atoms with Gasteiger partial charge in [-0.15, -0.1) is 0 Å². The molecule has 3 aromatic carbocycles. The third kappa shape index (κ3) is 4.30. The van der Waals surface area contributed by atoms with Crippen molar-refractivity contribution in [2.75, 3.05) is 14.2 Å². The van der Waals surface area contributed by atoms with E-state index in [1.807, 2.05) is 49.4 Å². The van der Waals surface area contributed by atoms with Gasteiger partial charge in [0.15, 0.2) is 17.3 Å². The average Bonchev–Trinajstić information content (AvgIpc) is 3.08. The van der Waals surface area contributed by atoms with Crippen molar-refractivity contribution < 1.29 is 23.7 Å². The Kier molecular flexibility index (Phi) is 6.00. The Morgan fingerprint density at radius 3 is 2.52 bits per heavy atom. The molecule has 3 aromatic rings. The van der Waals surface area contributed by atoms with Crippen LogP contribution in [0.3, 0.4) is 0 Å². The van der Waals surface area contributed by atoms with Gasteiger partial charge in [-0.3, -0.25) is 4.79 Å². The minimum absolute atomic E-state index is 0.170. The monoisotopic (exact) mass is 480 g/mol. The first kappa shape index (κ1) is 21.0. The van der Waals surface area contributed by atoms with Crippen LogP contribution in [0.15, 0.2) is 64.8 Å². The van der Waals surface area contributed by atoms with Crippen molar-refractivity contribution in [3.05, 3.63) is 87.1 Å². The summed E-state index contributed by atoms with van der Waals surface area (Å²) in [6.45, 7) is 2.30. The number of halogens is 1. The molecule has 1 heterocycles. The van der Waals surface area contributed by atoms with Crippen LogP contribution in [0.1, 0.15) is 27.0 Å². The predicted octanol–water partition coefficient (Wildman–Crippen LogP) is 5.97. The van der Waals surface area contributed by atoms with Crippen LogP contribution in [-0.2, 0) is 6.61 Å². The fourth-order valence-electron chi connectivity index (χ4n) is 3.47.